The molecule has 3 nitrogen and oxygen atoms in total. The van der Waals surface area contributed by atoms with E-state index in [0.29, 0.717) is 17.2 Å². The Bertz CT molecular complexity index is 868. The molecule has 1 aromatic heterocycles. The van der Waals surface area contributed by atoms with Crippen LogP contribution in [-0.2, 0) is 0 Å². The summed E-state index contributed by atoms with van der Waals surface area (Å²) in [6.07, 6.45) is 0. The predicted octanol–water partition coefficient (Wildman–Crippen LogP) is 4.97. The van der Waals surface area contributed by atoms with Crippen molar-refractivity contribution < 1.29 is 4.74 Å². The molecular weight excluding hydrogens is 328 g/mol. The second-order valence-corrected chi connectivity index (χ2v) is 5.50. The number of fused-ring (bicyclic) bond motifs is 1. The van der Waals surface area contributed by atoms with Crippen molar-refractivity contribution in [2.45, 2.75) is 6.92 Å². The summed E-state index contributed by atoms with van der Waals surface area (Å²) in [6, 6.07) is 17.1. The van der Waals surface area contributed by atoms with E-state index in [1.807, 2.05) is 49.4 Å². The molecule has 0 aliphatic heterocycles. The fourth-order valence-electron chi connectivity index (χ4n) is 2.10. The van der Waals surface area contributed by atoms with Crippen molar-refractivity contribution in [3.63, 3.8) is 0 Å². The molecule has 0 saturated heterocycles. The molecule has 0 spiro atoms. The summed E-state index contributed by atoms with van der Waals surface area (Å²) in [5.74, 6) is 1.12. The van der Waals surface area contributed by atoms with E-state index in [1.165, 1.54) is 0 Å². The largest absolute Gasteiger partial charge is 0.439 e. The maximum absolute atomic E-state index is 9.27. The van der Waals surface area contributed by atoms with Crippen LogP contribution in [0.5, 0.6) is 11.6 Å². The summed E-state index contributed by atoms with van der Waals surface area (Å²) < 4.78 is 6.81. The third-order valence-corrected chi connectivity index (χ3v) is 4.05. The molecular formula is C17H11BrN2O. The van der Waals surface area contributed by atoms with E-state index in [2.05, 4.69) is 27.0 Å². The molecule has 0 N–H and O–H groups in total. The number of aryl methyl sites for hydroxylation is 1. The zero-order valence-corrected chi connectivity index (χ0v) is 12.9. The van der Waals surface area contributed by atoms with Gasteiger partial charge in [0, 0.05) is 15.9 Å². The lowest BCUT2D eigenvalue weighted by molar-refractivity contribution is 0.464. The van der Waals surface area contributed by atoms with Crippen molar-refractivity contribution in [1.82, 2.24) is 4.98 Å². The van der Waals surface area contributed by atoms with E-state index in [0.717, 1.165) is 20.9 Å². The van der Waals surface area contributed by atoms with Crippen LogP contribution in [0.2, 0.25) is 0 Å². The fourth-order valence-corrected chi connectivity index (χ4v) is 2.34. The minimum Gasteiger partial charge on any atom is -0.439 e. The Labute approximate surface area is 130 Å². The summed E-state index contributed by atoms with van der Waals surface area (Å²) in [5.41, 5.74) is 2.39. The number of nitriles is 1. The average Bonchev–Trinajstić information content (AvgIpc) is 2.50. The smallest absolute Gasteiger partial charge is 0.221 e. The first-order valence-electron chi connectivity index (χ1n) is 6.41. The van der Waals surface area contributed by atoms with Gasteiger partial charge >= 0.3 is 0 Å². The van der Waals surface area contributed by atoms with E-state index >= 15 is 0 Å². The van der Waals surface area contributed by atoms with E-state index in [9.17, 15) is 5.26 Å². The van der Waals surface area contributed by atoms with Gasteiger partial charge in [0.1, 0.15) is 11.8 Å². The third kappa shape index (κ3) is 2.74. The number of para-hydroxylation sites is 1. The van der Waals surface area contributed by atoms with Gasteiger partial charge in [0.15, 0.2) is 0 Å². The summed E-state index contributed by atoms with van der Waals surface area (Å²) >= 11 is 3.46. The molecule has 3 rings (SSSR count). The monoisotopic (exact) mass is 338 g/mol. The number of rotatable bonds is 2. The summed E-state index contributed by atoms with van der Waals surface area (Å²) in [4.78, 5) is 4.45. The molecule has 1 heterocycles. The number of benzene rings is 2. The van der Waals surface area contributed by atoms with Crippen molar-refractivity contribution in [3.8, 4) is 17.7 Å². The maximum atomic E-state index is 9.27. The Morgan fingerprint density at radius 3 is 2.71 bits per heavy atom. The number of hydrogen-bond acceptors (Lipinski definition) is 3. The van der Waals surface area contributed by atoms with E-state index in [-0.39, 0.29) is 0 Å². The van der Waals surface area contributed by atoms with Crippen LogP contribution in [0.25, 0.3) is 10.9 Å². The molecule has 0 radical (unpaired) electrons. The highest BCUT2D eigenvalue weighted by atomic mass is 79.9. The fraction of sp³-hybridized carbons (Fsp3) is 0.0588. The topological polar surface area (TPSA) is 45.9 Å². The van der Waals surface area contributed by atoms with Crippen molar-refractivity contribution in [1.29, 1.82) is 5.26 Å². The molecule has 4 heteroatoms. The second-order valence-electron chi connectivity index (χ2n) is 4.65. The molecule has 0 unspecified atom stereocenters. The van der Waals surface area contributed by atoms with Crippen molar-refractivity contribution in [2.24, 2.45) is 0 Å². The number of pyridine rings is 1. The highest BCUT2D eigenvalue weighted by Gasteiger charge is 2.07. The van der Waals surface area contributed by atoms with Gasteiger partial charge in [0.05, 0.1) is 11.1 Å². The molecule has 0 aliphatic carbocycles. The number of nitrogens with zero attached hydrogens (tertiary/aromatic N) is 2. The predicted molar refractivity (Wildman–Crippen MR) is 85.4 cm³/mol. The summed E-state index contributed by atoms with van der Waals surface area (Å²) in [6.45, 7) is 1.99. The zero-order valence-electron chi connectivity index (χ0n) is 11.3. The molecule has 0 saturated carbocycles. The number of aromatic nitrogens is 1. The Morgan fingerprint density at radius 1 is 1.14 bits per heavy atom. The van der Waals surface area contributed by atoms with Crippen LogP contribution in [0.15, 0.2) is 53.0 Å². The number of hydrogen-bond donors (Lipinski definition) is 0. The minimum atomic E-state index is 0.423. The average molecular weight is 339 g/mol. The van der Waals surface area contributed by atoms with Gasteiger partial charge in [-0.2, -0.15) is 5.26 Å². The molecule has 2 aromatic carbocycles. The molecule has 0 aliphatic rings. The zero-order chi connectivity index (χ0) is 14.8. The molecule has 0 fully saturated rings. The lowest BCUT2D eigenvalue weighted by atomic mass is 10.1. The van der Waals surface area contributed by atoms with Crippen molar-refractivity contribution in [3.05, 3.63) is 64.1 Å². The Morgan fingerprint density at radius 2 is 1.95 bits per heavy atom. The van der Waals surface area contributed by atoms with Gasteiger partial charge in [-0.15, -0.1) is 0 Å². The highest BCUT2D eigenvalue weighted by Crippen LogP contribution is 2.28. The van der Waals surface area contributed by atoms with Gasteiger partial charge in [-0.3, -0.25) is 0 Å². The van der Waals surface area contributed by atoms with Crippen molar-refractivity contribution >= 4 is 26.8 Å². The van der Waals surface area contributed by atoms with E-state index in [1.54, 1.807) is 6.07 Å². The van der Waals surface area contributed by atoms with Gasteiger partial charge in [0.2, 0.25) is 5.88 Å². The van der Waals surface area contributed by atoms with E-state index in [4.69, 9.17) is 4.74 Å². The Hall–Kier alpha value is -2.38. The van der Waals surface area contributed by atoms with Gasteiger partial charge in [-0.05, 0) is 36.8 Å². The second kappa shape index (κ2) is 5.55. The van der Waals surface area contributed by atoms with Crippen LogP contribution in [0, 0.1) is 18.3 Å². The standard InChI is InChI=1S/C17H11BrN2O/c1-11-8-13(6-7-15(11)18)21-17-9-12(10-19)14-4-2-3-5-16(14)20-17/h2-9H,1H3. The summed E-state index contributed by atoms with van der Waals surface area (Å²) in [5, 5.41) is 10.1. The van der Waals surface area contributed by atoms with Crippen LogP contribution >= 0.6 is 15.9 Å². The SMILES string of the molecule is Cc1cc(Oc2cc(C#N)c3ccccc3n2)ccc1Br. The quantitative estimate of drug-likeness (QED) is 0.662. The maximum Gasteiger partial charge on any atom is 0.221 e. The molecule has 21 heavy (non-hydrogen) atoms. The molecule has 0 atom stereocenters. The molecule has 0 bridgehead atoms. The minimum absolute atomic E-state index is 0.423. The Kier molecular flexibility index (Phi) is 3.59. The normalized spacial score (nSPS) is 10.3. The molecule has 3 aromatic rings. The first kappa shape index (κ1) is 13.6. The lowest BCUT2D eigenvalue weighted by Gasteiger charge is -2.08. The van der Waals surface area contributed by atoms with Gasteiger partial charge in [-0.1, -0.05) is 34.1 Å². The van der Waals surface area contributed by atoms with Crippen LogP contribution in [0.4, 0.5) is 0 Å². The van der Waals surface area contributed by atoms with Gasteiger partial charge in [-0.25, -0.2) is 4.98 Å². The van der Waals surface area contributed by atoms with Crippen LogP contribution in [-0.4, -0.2) is 4.98 Å². The number of halogens is 1. The Balaban J connectivity index is 2.04. The number of ether oxygens (including phenoxy) is 1. The van der Waals surface area contributed by atoms with Crippen molar-refractivity contribution in [2.75, 3.05) is 0 Å². The van der Waals surface area contributed by atoms with E-state index < -0.39 is 0 Å². The first-order chi connectivity index (χ1) is 10.2. The van der Waals surface area contributed by atoms with Crippen LogP contribution in [0.3, 0.4) is 0 Å². The highest BCUT2D eigenvalue weighted by molar-refractivity contribution is 9.10. The summed E-state index contributed by atoms with van der Waals surface area (Å²) in [7, 11) is 0. The molecule has 102 valence electrons. The molecule has 0 amide bonds. The third-order valence-electron chi connectivity index (χ3n) is 3.16. The van der Waals surface area contributed by atoms with Gasteiger partial charge < -0.3 is 4.74 Å². The van der Waals surface area contributed by atoms with Crippen LogP contribution < -0.4 is 4.74 Å². The lowest BCUT2D eigenvalue weighted by Crippen LogP contribution is -1.92. The van der Waals surface area contributed by atoms with Crippen LogP contribution in [0.1, 0.15) is 11.1 Å². The first-order valence-corrected chi connectivity index (χ1v) is 7.20. The van der Waals surface area contributed by atoms with Gasteiger partial charge in [0.25, 0.3) is 0 Å².